The Labute approximate surface area is 140 Å². The standard InChI is InChI=1S/C19H28N4/c1-4-14-23(15-5-2)18-12-13-20-19(21-18)22(6-3)16-17-10-8-7-9-11-17/h7-13H,4-6,14-16H2,1-3H3. The highest BCUT2D eigenvalue weighted by atomic mass is 15.3. The van der Waals surface area contributed by atoms with Crippen molar-refractivity contribution in [3.05, 3.63) is 48.2 Å². The van der Waals surface area contributed by atoms with Crippen LogP contribution in [0, 0.1) is 0 Å². The third-order valence-corrected chi connectivity index (χ3v) is 3.82. The van der Waals surface area contributed by atoms with Gasteiger partial charge in [-0.3, -0.25) is 0 Å². The minimum Gasteiger partial charge on any atom is -0.356 e. The van der Waals surface area contributed by atoms with Gasteiger partial charge in [-0.25, -0.2) is 4.98 Å². The van der Waals surface area contributed by atoms with Crippen LogP contribution in [-0.4, -0.2) is 29.6 Å². The fourth-order valence-corrected chi connectivity index (χ4v) is 2.68. The van der Waals surface area contributed by atoms with Crippen molar-refractivity contribution in [2.24, 2.45) is 0 Å². The molecule has 23 heavy (non-hydrogen) atoms. The van der Waals surface area contributed by atoms with E-state index >= 15 is 0 Å². The van der Waals surface area contributed by atoms with E-state index in [0.29, 0.717) is 0 Å². The summed E-state index contributed by atoms with van der Waals surface area (Å²) in [6.07, 6.45) is 4.13. The summed E-state index contributed by atoms with van der Waals surface area (Å²) < 4.78 is 0. The minimum absolute atomic E-state index is 0.811. The fourth-order valence-electron chi connectivity index (χ4n) is 2.68. The van der Waals surface area contributed by atoms with Crippen molar-refractivity contribution >= 4 is 11.8 Å². The maximum absolute atomic E-state index is 4.82. The van der Waals surface area contributed by atoms with Crippen molar-refractivity contribution in [1.29, 1.82) is 0 Å². The first-order chi connectivity index (χ1) is 11.3. The van der Waals surface area contributed by atoms with Crippen molar-refractivity contribution in [1.82, 2.24) is 9.97 Å². The van der Waals surface area contributed by atoms with E-state index in [0.717, 1.165) is 50.8 Å². The third kappa shape index (κ3) is 4.95. The van der Waals surface area contributed by atoms with Gasteiger partial charge < -0.3 is 9.80 Å². The van der Waals surface area contributed by atoms with Gasteiger partial charge in [-0.05, 0) is 31.4 Å². The van der Waals surface area contributed by atoms with E-state index in [-0.39, 0.29) is 0 Å². The molecule has 0 fully saturated rings. The van der Waals surface area contributed by atoms with E-state index < -0.39 is 0 Å². The zero-order valence-electron chi connectivity index (χ0n) is 14.6. The average molecular weight is 312 g/mol. The summed E-state index contributed by atoms with van der Waals surface area (Å²) >= 11 is 0. The van der Waals surface area contributed by atoms with Gasteiger partial charge in [0.15, 0.2) is 0 Å². The van der Waals surface area contributed by atoms with Crippen molar-refractivity contribution in [3.8, 4) is 0 Å². The van der Waals surface area contributed by atoms with Crippen LogP contribution in [0.25, 0.3) is 0 Å². The number of aromatic nitrogens is 2. The first kappa shape index (κ1) is 17.3. The number of benzene rings is 1. The lowest BCUT2D eigenvalue weighted by molar-refractivity contribution is 0.725. The van der Waals surface area contributed by atoms with Crippen LogP contribution in [0.15, 0.2) is 42.6 Å². The first-order valence-electron chi connectivity index (χ1n) is 8.65. The van der Waals surface area contributed by atoms with E-state index in [2.05, 4.69) is 59.8 Å². The molecule has 0 aliphatic carbocycles. The molecular formula is C19H28N4. The predicted octanol–water partition coefficient (Wildman–Crippen LogP) is 4.13. The van der Waals surface area contributed by atoms with E-state index in [1.165, 1.54) is 5.56 Å². The largest absolute Gasteiger partial charge is 0.356 e. The number of rotatable bonds is 9. The highest BCUT2D eigenvalue weighted by Gasteiger charge is 2.12. The molecule has 2 aromatic rings. The molecule has 0 aliphatic heterocycles. The summed E-state index contributed by atoms with van der Waals surface area (Å²) in [6.45, 7) is 10.4. The van der Waals surface area contributed by atoms with E-state index in [1.807, 2.05) is 18.3 Å². The highest BCUT2D eigenvalue weighted by Crippen LogP contribution is 2.17. The van der Waals surface area contributed by atoms with Crippen LogP contribution in [0.3, 0.4) is 0 Å². The lowest BCUT2D eigenvalue weighted by atomic mass is 10.2. The van der Waals surface area contributed by atoms with E-state index in [9.17, 15) is 0 Å². The maximum atomic E-state index is 4.82. The second-order valence-electron chi connectivity index (χ2n) is 5.70. The summed E-state index contributed by atoms with van der Waals surface area (Å²) in [5, 5.41) is 0. The Balaban J connectivity index is 2.18. The van der Waals surface area contributed by atoms with Crippen molar-refractivity contribution < 1.29 is 0 Å². The summed E-state index contributed by atoms with van der Waals surface area (Å²) in [7, 11) is 0. The van der Waals surface area contributed by atoms with Crippen LogP contribution in [0.1, 0.15) is 39.2 Å². The first-order valence-corrected chi connectivity index (χ1v) is 8.65. The van der Waals surface area contributed by atoms with Gasteiger partial charge in [0.2, 0.25) is 5.95 Å². The van der Waals surface area contributed by atoms with Crippen molar-refractivity contribution in [2.75, 3.05) is 29.4 Å². The summed E-state index contributed by atoms with van der Waals surface area (Å²) in [4.78, 5) is 13.9. The number of hydrogen-bond acceptors (Lipinski definition) is 4. The number of nitrogens with zero attached hydrogens (tertiary/aromatic N) is 4. The van der Waals surface area contributed by atoms with Gasteiger partial charge in [0.05, 0.1) is 0 Å². The molecule has 1 heterocycles. The second kappa shape index (κ2) is 9.13. The Hall–Kier alpha value is -2.10. The zero-order valence-corrected chi connectivity index (χ0v) is 14.6. The molecule has 0 radical (unpaired) electrons. The van der Waals surface area contributed by atoms with Crippen molar-refractivity contribution in [2.45, 2.75) is 40.2 Å². The van der Waals surface area contributed by atoms with Gasteiger partial charge in [-0.15, -0.1) is 0 Å². The maximum Gasteiger partial charge on any atom is 0.227 e. The molecule has 0 N–H and O–H groups in total. The molecule has 2 rings (SSSR count). The zero-order chi connectivity index (χ0) is 16.5. The van der Waals surface area contributed by atoms with Crippen LogP contribution in [0.5, 0.6) is 0 Å². The van der Waals surface area contributed by atoms with Gasteiger partial charge in [0, 0.05) is 32.4 Å². The monoisotopic (exact) mass is 312 g/mol. The molecule has 4 nitrogen and oxygen atoms in total. The molecule has 0 unspecified atom stereocenters. The van der Waals surface area contributed by atoms with Gasteiger partial charge in [0.25, 0.3) is 0 Å². The van der Waals surface area contributed by atoms with Crippen LogP contribution in [-0.2, 0) is 6.54 Å². The number of hydrogen-bond donors (Lipinski definition) is 0. The quantitative estimate of drug-likeness (QED) is 0.697. The molecule has 0 amide bonds. The second-order valence-corrected chi connectivity index (χ2v) is 5.70. The lowest BCUT2D eigenvalue weighted by Gasteiger charge is -2.25. The fraction of sp³-hybridized carbons (Fsp3) is 0.474. The molecule has 0 bridgehead atoms. The van der Waals surface area contributed by atoms with Gasteiger partial charge in [-0.1, -0.05) is 44.2 Å². The molecule has 0 saturated heterocycles. The highest BCUT2D eigenvalue weighted by molar-refractivity contribution is 5.44. The average Bonchev–Trinajstić information content (AvgIpc) is 2.60. The van der Waals surface area contributed by atoms with Crippen LogP contribution in [0.2, 0.25) is 0 Å². The molecule has 0 aliphatic rings. The molecule has 0 atom stereocenters. The predicted molar refractivity (Wildman–Crippen MR) is 98.0 cm³/mol. The summed E-state index contributed by atoms with van der Waals surface area (Å²) in [5.41, 5.74) is 1.28. The Morgan fingerprint density at radius 2 is 1.57 bits per heavy atom. The molecule has 0 saturated carbocycles. The molecule has 1 aromatic heterocycles. The molecule has 4 heteroatoms. The topological polar surface area (TPSA) is 32.3 Å². The van der Waals surface area contributed by atoms with Gasteiger partial charge in [0.1, 0.15) is 5.82 Å². The van der Waals surface area contributed by atoms with Crippen molar-refractivity contribution in [3.63, 3.8) is 0 Å². The van der Waals surface area contributed by atoms with Gasteiger partial charge in [-0.2, -0.15) is 4.98 Å². The van der Waals surface area contributed by atoms with Crippen LogP contribution < -0.4 is 9.80 Å². The molecule has 1 aromatic carbocycles. The smallest absolute Gasteiger partial charge is 0.227 e. The normalized spacial score (nSPS) is 10.6. The molecular weight excluding hydrogens is 284 g/mol. The SMILES string of the molecule is CCCN(CCC)c1ccnc(N(CC)Cc2ccccc2)n1. The Kier molecular flexibility index (Phi) is 6.85. The number of anilines is 2. The summed E-state index contributed by atoms with van der Waals surface area (Å²) in [5.74, 6) is 1.84. The molecule has 124 valence electrons. The lowest BCUT2D eigenvalue weighted by Crippen LogP contribution is -2.28. The summed E-state index contributed by atoms with van der Waals surface area (Å²) in [6, 6.07) is 12.5. The van der Waals surface area contributed by atoms with E-state index in [4.69, 9.17) is 4.98 Å². The minimum atomic E-state index is 0.811. The van der Waals surface area contributed by atoms with Gasteiger partial charge >= 0.3 is 0 Å². The van der Waals surface area contributed by atoms with E-state index in [1.54, 1.807) is 0 Å². The molecule has 0 spiro atoms. The van der Waals surface area contributed by atoms with Crippen LogP contribution in [0.4, 0.5) is 11.8 Å². The Bertz CT molecular complexity index is 565. The third-order valence-electron chi connectivity index (χ3n) is 3.82. The Morgan fingerprint density at radius 1 is 0.870 bits per heavy atom. The Morgan fingerprint density at radius 3 is 2.17 bits per heavy atom. The van der Waals surface area contributed by atoms with Crippen LogP contribution >= 0.6 is 0 Å².